The average Bonchev–Trinajstić information content (AvgIpc) is 2.16. The number of ketones is 2. The Bertz CT molecular complexity index is 446. The van der Waals surface area contributed by atoms with Crippen LogP contribution in [0.25, 0.3) is 0 Å². The average molecular weight is 206 g/mol. The van der Waals surface area contributed by atoms with Crippen molar-refractivity contribution in [2.75, 3.05) is 0 Å². The lowest BCUT2D eigenvalue weighted by molar-refractivity contribution is 0.0692. The highest BCUT2D eigenvalue weighted by Gasteiger charge is 2.14. The van der Waals surface area contributed by atoms with Gasteiger partial charge in [-0.25, -0.2) is 4.79 Å². The molecule has 1 rings (SSSR count). The summed E-state index contributed by atoms with van der Waals surface area (Å²) >= 11 is 0. The minimum absolute atomic E-state index is 0.0650. The first-order chi connectivity index (χ1) is 6.93. The standard InChI is InChI=1S/C11H10O4/c1-6(12)8-3-4-9(11(14)15)10(5-8)7(2)13/h3-5H,1-2H3,(H,14,15). The molecule has 0 saturated carbocycles. The Labute approximate surface area is 86.5 Å². The van der Waals surface area contributed by atoms with E-state index >= 15 is 0 Å². The second kappa shape index (κ2) is 4.04. The first kappa shape index (κ1) is 11.1. The van der Waals surface area contributed by atoms with Crippen molar-refractivity contribution in [1.82, 2.24) is 0 Å². The maximum absolute atomic E-state index is 11.2. The summed E-state index contributed by atoms with van der Waals surface area (Å²) in [6.45, 7) is 2.63. The van der Waals surface area contributed by atoms with Crippen LogP contribution in [0, 0.1) is 0 Å². The van der Waals surface area contributed by atoms with Gasteiger partial charge in [-0.1, -0.05) is 6.07 Å². The zero-order valence-electron chi connectivity index (χ0n) is 8.40. The fourth-order valence-corrected chi connectivity index (χ4v) is 1.24. The number of aromatic carboxylic acids is 1. The Kier molecular flexibility index (Phi) is 2.99. The molecule has 0 aromatic heterocycles. The summed E-state index contributed by atoms with van der Waals surface area (Å²) in [5.74, 6) is -1.74. The normalized spacial score (nSPS) is 9.73. The van der Waals surface area contributed by atoms with E-state index in [0.717, 1.165) is 0 Å². The molecule has 0 atom stereocenters. The molecule has 0 saturated heterocycles. The molecule has 1 aromatic carbocycles. The van der Waals surface area contributed by atoms with Crippen molar-refractivity contribution in [1.29, 1.82) is 0 Å². The summed E-state index contributed by atoms with van der Waals surface area (Å²) in [6.07, 6.45) is 0. The van der Waals surface area contributed by atoms with Gasteiger partial charge in [0, 0.05) is 11.1 Å². The number of hydrogen-bond donors (Lipinski definition) is 1. The fraction of sp³-hybridized carbons (Fsp3) is 0.182. The van der Waals surface area contributed by atoms with Gasteiger partial charge in [0.15, 0.2) is 11.6 Å². The van der Waals surface area contributed by atoms with Crippen LogP contribution in [-0.2, 0) is 0 Å². The van der Waals surface area contributed by atoms with Crippen LogP contribution >= 0.6 is 0 Å². The molecule has 0 fully saturated rings. The molecule has 0 unspecified atom stereocenters. The topological polar surface area (TPSA) is 71.4 Å². The molecule has 4 heteroatoms. The van der Waals surface area contributed by atoms with Crippen molar-refractivity contribution in [3.8, 4) is 0 Å². The molecule has 0 aliphatic rings. The zero-order chi connectivity index (χ0) is 11.6. The number of carbonyl (C=O) groups excluding carboxylic acids is 2. The quantitative estimate of drug-likeness (QED) is 0.765. The summed E-state index contributed by atoms with van der Waals surface area (Å²) in [5, 5.41) is 8.81. The zero-order valence-corrected chi connectivity index (χ0v) is 8.40. The first-order valence-corrected chi connectivity index (χ1v) is 4.32. The predicted octanol–water partition coefficient (Wildman–Crippen LogP) is 1.79. The van der Waals surface area contributed by atoms with E-state index in [2.05, 4.69) is 0 Å². The third kappa shape index (κ3) is 2.28. The predicted molar refractivity (Wildman–Crippen MR) is 53.4 cm³/mol. The van der Waals surface area contributed by atoms with Gasteiger partial charge < -0.3 is 5.11 Å². The Morgan fingerprint density at radius 1 is 1.00 bits per heavy atom. The van der Waals surface area contributed by atoms with E-state index < -0.39 is 5.97 Å². The SMILES string of the molecule is CC(=O)c1ccc(C(=O)O)c(C(C)=O)c1. The third-order valence-corrected chi connectivity index (χ3v) is 2.04. The highest BCUT2D eigenvalue weighted by Crippen LogP contribution is 2.13. The molecule has 0 spiro atoms. The molecule has 0 aliphatic heterocycles. The number of Topliss-reactive ketones (excluding diaryl/α,β-unsaturated/α-hetero) is 2. The van der Waals surface area contributed by atoms with Gasteiger partial charge in [-0.3, -0.25) is 9.59 Å². The van der Waals surface area contributed by atoms with E-state index in [9.17, 15) is 14.4 Å². The largest absolute Gasteiger partial charge is 0.478 e. The van der Waals surface area contributed by atoms with Crippen LogP contribution in [0.2, 0.25) is 0 Å². The maximum Gasteiger partial charge on any atom is 0.336 e. The van der Waals surface area contributed by atoms with Gasteiger partial charge in [-0.05, 0) is 26.0 Å². The van der Waals surface area contributed by atoms with Gasteiger partial charge >= 0.3 is 5.97 Å². The second-order valence-corrected chi connectivity index (χ2v) is 3.18. The summed E-state index contributed by atoms with van der Waals surface area (Å²) in [6, 6.07) is 3.99. The van der Waals surface area contributed by atoms with Crippen molar-refractivity contribution in [3.63, 3.8) is 0 Å². The Morgan fingerprint density at radius 2 is 1.60 bits per heavy atom. The monoisotopic (exact) mass is 206 g/mol. The van der Waals surface area contributed by atoms with Gasteiger partial charge in [0.05, 0.1) is 5.56 Å². The van der Waals surface area contributed by atoms with E-state index in [-0.39, 0.29) is 22.7 Å². The molecule has 1 N–H and O–H groups in total. The number of carbonyl (C=O) groups is 3. The second-order valence-electron chi connectivity index (χ2n) is 3.18. The van der Waals surface area contributed by atoms with Crippen LogP contribution in [0.5, 0.6) is 0 Å². The summed E-state index contributed by atoms with van der Waals surface area (Å²) in [7, 11) is 0. The minimum Gasteiger partial charge on any atom is -0.478 e. The molecule has 1 aromatic rings. The van der Waals surface area contributed by atoms with Gasteiger partial charge in [0.1, 0.15) is 0 Å². The van der Waals surface area contributed by atoms with Crippen LogP contribution in [0.15, 0.2) is 18.2 Å². The molecule has 4 nitrogen and oxygen atoms in total. The molecular formula is C11H10O4. The lowest BCUT2D eigenvalue weighted by Gasteiger charge is -2.04. The Hall–Kier alpha value is -1.97. The number of carboxylic acids is 1. The van der Waals surface area contributed by atoms with Crippen molar-refractivity contribution in [2.24, 2.45) is 0 Å². The summed E-state index contributed by atoms with van der Waals surface area (Å²) in [5.41, 5.74) is 0.327. The van der Waals surface area contributed by atoms with Crippen molar-refractivity contribution in [3.05, 3.63) is 34.9 Å². The first-order valence-electron chi connectivity index (χ1n) is 4.32. The molecule has 0 radical (unpaired) electrons. The molecule has 0 heterocycles. The molecule has 78 valence electrons. The molecule has 0 amide bonds. The highest BCUT2D eigenvalue weighted by atomic mass is 16.4. The summed E-state index contributed by atoms with van der Waals surface area (Å²) in [4.78, 5) is 33.0. The van der Waals surface area contributed by atoms with Gasteiger partial charge in [0.25, 0.3) is 0 Å². The lowest BCUT2D eigenvalue weighted by atomic mass is 10.00. The number of benzene rings is 1. The van der Waals surface area contributed by atoms with Gasteiger partial charge in [-0.2, -0.15) is 0 Å². The van der Waals surface area contributed by atoms with Gasteiger partial charge in [-0.15, -0.1) is 0 Å². The number of hydrogen-bond acceptors (Lipinski definition) is 3. The third-order valence-electron chi connectivity index (χ3n) is 2.04. The molecule has 0 bridgehead atoms. The lowest BCUT2D eigenvalue weighted by Crippen LogP contribution is -2.08. The van der Waals surface area contributed by atoms with Crippen LogP contribution in [-0.4, -0.2) is 22.6 Å². The molecule has 15 heavy (non-hydrogen) atoms. The van der Waals surface area contributed by atoms with Crippen molar-refractivity contribution in [2.45, 2.75) is 13.8 Å². The number of carboxylic acid groups (broad SMARTS) is 1. The smallest absolute Gasteiger partial charge is 0.336 e. The Morgan fingerprint density at radius 3 is 2.00 bits per heavy atom. The van der Waals surface area contributed by atoms with Crippen molar-refractivity contribution >= 4 is 17.5 Å². The van der Waals surface area contributed by atoms with E-state index in [1.165, 1.54) is 32.0 Å². The van der Waals surface area contributed by atoms with E-state index in [1.807, 2.05) is 0 Å². The van der Waals surface area contributed by atoms with E-state index in [0.29, 0.717) is 5.56 Å². The Balaban J connectivity index is 3.40. The maximum atomic E-state index is 11.2. The highest BCUT2D eigenvalue weighted by molar-refractivity contribution is 6.07. The molecular weight excluding hydrogens is 196 g/mol. The van der Waals surface area contributed by atoms with Crippen LogP contribution < -0.4 is 0 Å². The van der Waals surface area contributed by atoms with Crippen LogP contribution in [0.3, 0.4) is 0 Å². The summed E-state index contributed by atoms with van der Waals surface area (Å²) < 4.78 is 0. The van der Waals surface area contributed by atoms with E-state index in [4.69, 9.17) is 5.11 Å². The molecule has 0 aliphatic carbocycles. The van der Waals surface area contributed by atoms with Crippen LogP contribution in [0.4, 0.5) is 0 Å². The van der Waals surface area contributed by atoms with Crippen LogP contribution in [0.1, 0.15) is 44.9 Å². The van der Waals surface area contributed by atoms with E-state index in [1.54, 1.807) is 0 Å². The fourth-order valence-electron chi connectivity index (χ4n) is 1.24. The van der Waals surface area contributed by atoms with Crippen molar-refractivity contribution < 1.29 is 19.5 Å². The minimum atomic E-state index is -1.17. The van der Waals surface area contributed by atoms with Gasteiger partial charge in [0.2, 0.25) is 0 Å². The number of rotatable bonds is 3.